The fourth-order valence-corrected chi connectivity index (χ4v) is 7.53. The molecule has 0 amide bonds. The second-order valence-corrected chi connectivity index (χ2v) is 14.1. The summed E-state index contributed by atoms with van der Waals surface area (Å²) in [6, 6.07) is 70.0. The molecular formula is C52H44N2. The lowest BCUT2D eigenvalue weighted by Crippen LogP contribution is -2.13. The highest BCUT2D eigenvalue weighted by atomic mass is 15.2. The maximum atomic E-state index is 2.40. The van der Waals surface area contributed by atoms with Crippen molar-refractivity contribution in [3.63, 3.8) is 0 Å². The van der Waals surface area contributed by atoms with Crippen molar-refractivity contribution < 1.29 is 0 Å². The molecule has 0 unspecified atom stereocenters. The fourth-order valence-electron chi connectivity index (χ4n) is 7.53. The Kier molecular flexibility index (Phi) is 9.66. The maximum absolute atomic E-state index is 2.40. The summed E-state index contributed by atoms with van der Waals surface area (Å²) < 4.78 is 0. The van der Waals surface area contributed by atoms with E-state index in [0.717, 1.165) is 22.7 Å². The Morgan fingerprint density at radius 1 is 0.241 bits per heavy atom. The molecule has 2 heteroatoms. The molecule has 54 heavy (non-hydrogen) atoms. The normalized spacial score (nSPS) is 11.0. The number of hydrogen-bond acceptors (Lipinski definition) is 2. The highest BCUT2D eigenvalue weighted by Gasteiger charge is 2.20. The summed E-state index contributed by atoms with van der Waals surface area (Å²) in [5.74, 6) is 0. The summed E-state index contributed by atoms with van der Waals surface area (Å²) in [7, 11) is 0. The first-order chi connectivity index (χ1) is 26.4. The van der Waals surface area contributed by atoms with Gasteiger partial charge in [-0.05, 0) is 144 Å². The monoisotopic (exact) mass is 696 g/mol. The lowest BCUT2D eigenvalue weighted by molar-refractivity contribution is 1.22. The summed E-state index contributed by atoms with van der Waals surface area (Å²) in [6.45, 7) is 8.84. The maximum Gasteiger partial charge on any atom is 0.0491 e. The molecule has 0 saturated heterocycles. The van der Waals surface area contributed by atoms with Crippen LogP contribution >= 0.6 is 0 Å². The number of benzene rings is 8. The van der Waals surface area contributed by atoms with Crippen LogP contribution in [0.1, 0.15) is 22.3 Å². The number of hydrogen-bond donors (Lipinski definition) is 0. The Morgan fingerprint density at radius 2 is 0.574 bits per heavy atom. The van der Waals surface area contributed by atoms with E-state index in [1.165, 1.54) is 67.0 Å². The molecule has 0 bridgehead atoms. The predicted octanol–water partition coefficient (Wildman–Crippen LogP) is 14.9. The SMILES string of the molecule is Cc1ccccc1N(c1cccc(-c2ccccc2)c1)c1ccc(-c2ccc(N(c3cccc(-c4ccccc4)c3)c3ccccc3C)c(C)c2)cc1C. The van der Waals surface area contributed by atoms with Gasteiger partial charge in [-0.25, -0.2) is 0 Å². The van der Waals surface area contributed by atoms with Crippen LogP contribution in [-0.4, -0.2) is 0 Å². The van der Waals surface area contributed by atoms with Gasteiger partial charge in [-0.2, -0.15) is 0 Å². The third kappa shape index (κ3) is 6.95. The number of aryl methyl sites for hydroxylation is 4. The van der Waals surface area contributed by atoms with Crippen molar-refractivity contribution in [1.29, 1.82) is 0 Å². The van der Waals surface area contributed by atoms with Crippen molar-refractivity contribution in [1.82, 2.24) is 0 Å². The summed E-state index contributed by atoms with van der Waals surface area (Å²) >= 11 is 0. The van der Waals surface area contributed by atoms with Gasteiger partial charge in [0.1, 0.15) is 0 Å². The molecule has 8 rings (SSSR count). The van der Waals surface area contributed by atoms with Crippen molar-refractivity contribution in [3.8, 4) is 33.4 Å². The highest BCUT2D eigenvalue weighted by molar-refractivity contribution is 5.86. The topological polar surface area (TPSA) is 6.48 Å². The van der Waals surface area contributed by atoms with Crippen LogP contribution in [0.4, 0.5) is 34.1 Å². The van der Waals surface area contributed by atoms with Crippen LogP contribution < -0.4 is 9.80 Å². The van der Waals surface area contributed by atoms with Crippen LogP contribution in [0.5, 0.6) is 0 Å². The molecule has 262 valence electrons. The average molecular weight is 697 g/mol. The molecule has 0 fully saturated rings. The van der Waals surface area contributed by atoms with E-state index in [1.54, 1.807) is 0 Å². The molecule has 2 nitrogen and oxygen atoms in total. The van der Waals surface area contributed by atoms with Crippen LogP contribution in [0.15, 0.2) is 194 Å². The predicted molar refractivity (Wildman–Crippen MR) is 231 cm³/mol. The molecule has 0 atom stereocenters. The molecular weight excluding hydrogens is 653 g/mol. The quantitative estimate of drug-likeness (QED) is 0.148. The van der Waals surface area contributed by atoms with Gasteiger partial charge in [0.2, 0.25) is 0 Å². The minimum Gasteiger partial charge on any atom is -0.310 e. The van der Waals surface area contributed by atoms with E-state index in [-0.39, 0.29) is 0 Å². The molecule has 0 aliphatic heterocycles. The Morgan fingerprint density at radius 3 is 0.963 bits per heavy atom. The zero-order valence-corrected chi connectivity index (χ0v) is 31.4. The van der Waals surface area contributed by atoms with Crippen molar-refractivity contribution in [2.24, 2.45) is 0 Å². The van der Waals surface area contributed by atoms with Gasteiger partial charge in [-0.3, -0.25) is 0 Å². The molecule has 0 saturated carbocycles. The van der Waals surface area contributed by atoms with E-state index in [9.17, 15) is 0 Å². The Balaban J connectivity index is 1.18. The molecule has 0 radical (unpaired) electrons. The summed E-state index contributed by atoms with van der Waals surface area (Å²) in [5.41, 5.74) is 19.0. The van der Waals surface area contributed by atoms with Crippen LogP contribution in [0.25, 0.3) is 33.4 Å². The first kappa shape index (κ1) is 34.4. The summed E-state index contributed by atoms with van der Waals surface area (Å²) in [5, 5.41) is 0. The third-order valence-electron chi connectivity index (χ3n) is 10.3. The summed E-state index contributed by atoms with van der Waals surface area (Å²) in [4.78, 5) is 4.80. The summed E-state index contributed by atoms with van der Waals surface area (Å²) in [6.07, 6.45) is 0. The van der Waals surface area contributed by atoms with Gasteiger partial charge in [-0.1, -0.05) is 133 Å². The van der Waals surface area contributed by atoms with Gasteiger partial charge >= 0.3 is 0 Å². The average Bonchev–Trinajstić information content (AvgIpc) is 3.21. The van der Waals surface area contributed by atoms with E-state index in [2.05, 4.69) is 232 Å². The van der Waals surface area contributed by atoms with Gasteiger partial charge in [0.05, 0.1) is 0 Å². The largest absolute Gasteiger partial charge is 0.310 e. The van der Waals surface area contributed by atoms with Crippen LogP contribution in [-0.2, 0) is 0 Å². The van der Waals surface area contributed by atoms with E-state index < -0.39 is 0 Å². The van der Waals surface area contributed by atoms with Crippen molar-refractivity contribution in [2.45, 2.75) is 27.7 Å². The molecule has 0 aromatic heterocycles. The van der Waals surface area contributed by atoms with Crippen LogP contribution in [0.3, 0.4) is 0 Å². The molecule has 0 spiro atoms. The van der Waals surface area contributed by atoms with Gasteiger partial charge < -0.3 is 9.80 Å². The third-order valence-corrected chi connectivity index (χ3v) is 10.3. The highest BCUT2D eigenvalue weighted by Crippen LogP contribution is 2.43. The molecule has 8 aromatic rings. The first-order valence-electron chi connectivity index (χ1n) is 18.7. The Labute approximate surface area is 320 Å². The van der Waals surface area contributed by atoms with Gasteiger partial charge in [0.25, 0.3) is 0 Å². The molecule has 0 N–H and O–H groups in total. The van der Waals surface area contributed by atoms with E-state index in [1.807, 2.05) is 0 Å². The number of rotatable bonds is 9. The standard InChI is InChI=1S/C52H44N2/c1-37-17-11-13-27-49(37)53(47-25-15-23-43(35-47)41-19-7-5-8-20-41)51-31-29-45(33-39(51)3)46-30-32-52(40(4)34-46)54(50-28-14-12-18-38(50)2)48-26-16-24-44(36-48)42-21-9-6-10-22-42/h5-36H,1-4H3. The van der Waals surface area contributed by atoms with Crippen LogP contribution in [0.2, 0.25) is 0 Å². The lowest BCUT2D eigenvalue weighted by atomic mass is 9.97. The van der Waals surface area contributed by atoms with E-state index in [4.69, 9.17) is 0 Å². The van der Waals surface area contributed by atoms with Crippen molar-refractivity contribution in [3.05, 3.63) is 216 Å². The molecule has 0 heterocycles. The van der Waals surface area contributed by atoms with Gasteiger partial charge in [-0.15, -0.1) is 0 Å². The molecule has 0 aliphatic rings. The number of para-hydroxylation sites is 2. The zero-order valence-electron chi connectivity index (χ0n) is 31.4. The molecule has 8 aromatic carbocycles. The Bertz CT molecular complexity index is 2370. The van der Waals surface area contributed by atoms with Gasteiger partial charge in [0.15, 0.2) is 0 Å². The first-order valence-corrected chi connectivity index (χ1v) is 18.7. The van der Waals surface area contributed by atoms with E-state index >= 15 is 0 Å². The molecule has 0 aliphatic carbocycles. The van der Waals surface area contributed by atoms with Crippen molar-refractivity contribution >= 4 is 34.1 Å². The lowest BCUT2D eigenvalue weighted by Gasteiger charge is -2.30. The second kappa shape index (κ2) is 15.1. The van der Waals surface area contributed by atoms with Gasteiger partial charge in [0, 0.05) is 34.1 Å². The number of nitrogens with zero attached hydrogens (tertiary/aromatic N) is 2. The zero-order chi connectivity index (χ0) is 37.0. The smallest absolute Gasteiger partial charge is 0.0491 e. The van der Waals surface area contributed by atoms with Crippen LogP contribution in [0, 0.1) is 27.7 Å². The minimum atomic E-state index is 1.13. The minimum absolute atomic E-state index is 1.13. The number of anilines is 6. The Hall–Kier alpha value is -6.64. The fraction of sp³-hybridized carbons (Fsp3) is 0.0769. The second-order valence-electron chi connectivity index (χ2n) is 14.1. The van der Waals surface area contributed by atoms with E-state index in [0.29, 0.717) is 0 Å². The van der Waals surface area contributed by atoms with Crippen molar-refractivity contribution in [2.75, 3.05) is 9.80 Å².